The number of nitrogens with zero attached hydrogens (tertiary/aromatic N) is 1. The summed E-state index contributed by atoms with van der Waals surface area (Å²) in [4.78, 5) is 28.4. The summed E-state index contributed by atoms with van der Waals surface area (Å²) in [5.74, 6) is -0.160. The third-order valence-corrected chi connectivity index (χ3v) is 3.56. The maximum Gasteiger partial charge on any atom is 0.257 e. The third kappa shape index (κ3) is 6.54. The first-order chi connectivity index (χ1) is 11.6. The number of hydrogen-bond donors (Lipinski definition) is 3. The SMILES string of the molecule is CC(C)(C)CC(=O)Nc1ccc(Cl)c(C(=O)Nc2ccc(N)nc2)c1.Cl. The van der Waals surface area contributed by atoms with E-state index in [2.05, 4.69) is 15.6 Å². The Bertz CT molecular complexity index is 787. The number of halogens is 2. The Morgan fingerprint density at radius 2 is 1.77 bits per heavy atom. The zero-order chi connectivity index (χ0) is 18.6. The molecule has 8 heteroatoms. The first-order valence-electron chi connectivity index (χ1n) is 7.76. The van der Waals surface area contributed by atoms with Crippen molar-refractivity contribution in [2.24, 2.45) is 5.41 Å². The van der Waals surface area contributed by atoms with Gasteiger partial charge in [-0.25, -0.2) is 4.98 Å². The summed E-state index contributed by atoms with van der Waals surface area (Å²) in [5, 5.41) is 5.76. The van der Waals surface area contributed by atoms with Crippen LogP contribution < -0.4 is 16.4 Å². The van der Waals surface area contributed by atoms with Crippen LogP contribution in [0.5, 0.6) is 0 Å². The molecular weight excluding hydrogens is 375 g/mol. The van der Waals surface area contributed by atoms with Crippen molar-refractivity contribution < 1.29 is 9.59 Å². The van der Waals surface area contributed by atoms with Crippen LogP contribution in [0.1, 0.15) is 37.6 Å². The number of rotatable bonds is 4. The van der Waals surface area contributed by atoms with E-state index in [9.17, 15) is 9.59 Å². The van der Waals surface area contributed by atoms with Crippen LogP contribution in [0, 0.1) is 5.41 Å². The normalized spacial score (nSPS) is 10.6. The highest BCUT2D eigenvalue weighted by molar-refractivity contribution is 6.34. The number of carbonyl (C=O) groups is 2. The number of nitrogen functional groups attached to an aromatic ring is 1. The predicted molar refractivity (Wildman–Crippen MR) is 108 cm³/mol. The molecule has 1 heterocycles. The topological polar surface area (TPSA) is 97.1 Å². The molecule has 0 aliphatic heterocycles. The summed E-state index contributed by atoms with van der Waals surface area (Å²) in [6.45, 7) is 5.94. The van der Waals surface area contributed by atoms with Crippen LogP contribution in [-0.2, 0) is 4.79 Å². The lowest BCUT2D eigenvalue weighted by molar-refractivity contribution is -0.117. The number of hydrogen-bond acceptors (Lipinski definition) is 4. The number of carbonyl (C=O) groups excluding carboxylic acids is 2. The lowest BCUT2D eigenvalue weighted by Crippen LogP contribution is -2.20. The van der Waals surface area contributed by atoms with Gasteiger partial charge in [0.1, 0.15) is 5.82 Å². The van der Waals surface area contributed by atoms with E-state index in [4.69, 9.17) is 17.3 Å². The van der Waals surface area contributed by atoms with Gasteiger partial charge < -0.3 is 16.4 Å². The number of aromatic nitrogens is 1. The molecule has 2 amide bonds. The number of anilines is 3. The van der Waals surface area contributed by atoms with Crippen LogP contribution in [0.25, 0.3) is 0 Å². The minimum Gasteiger partial charge on any atom is -0.384 e. The molecule has 0 unspecified atom stereocenters. The maximum atomic E-state index is 12.4. The molecule has 6 nitrogen and oxygen atoms in total. The van der Waals surface area contributed by atoms with Crippen molar-refractivity contribution in [1.82, 2.24) is 4.98 Å². The highest BCUT2D eigenvalue weighted by Gasteiger charge is 2.17. The number of amides is 2. The van der Waals surface area contributed by atoms with Crippen molar-refractivity contribution in [3.05, 3.63) is 47.1 Å². The fourth-order valence-corrected chi connectivity index (χ4v) is 2.34. The lowest BCUT2D eigenvalue weighted by Gasteiger charge is -2.17. The molecule has 0 aliphatic rings. The Labute approximate surface area is 163 Å². The molecule has 0 saturated heterocycles. The summed E-state index contributed by atoms with van der Waals surface area (Å²) in [6.07, 6.45) is 1.82. The van der Waals surface area contributed by atoms with Crippen molar-refractivity contribution in [3.63, 3.8) is 0 Å². The van der Waals surface area contributed by atoms with Crippen LogP contribution >= 0.6 is 24.0 Å². The Hall–Kier alpha value is -2.31. The predicted octanol–water partition coefficient (Wildman–Crippen LogP) is 4.37. The van der Waals surface area contributed by atoms with E-state index in [0.717, 1.165) is 0 Å². The number of benzene rings is 1. The number of nitrogens with two attached hydrogens (primary N) is 1. The number of pyridine rings is 1. The molecule has 26 heavy (non-hydrogen) atoms. The molecule has 1 aromatic heterocycles. The molecule has 0 aliphatic carbocycles. The molecule has 140 valence electrons. The fourth-order valence-electron chi connectivity index (χ4n) is 2.14. The summed E-state index contributed by atoms with van der Waals surface area (Å²) in [7, 11) is 0. The van der Waals surface area contributed by atoms with E-state index in [1.165, 1.54) is 6.20 Å². The van der Waals surface area contributed by atoms with Crippen molar-refractivity contribution in [2.45, 2.75) is 27.2 Å². The first-order valence-corrected chi connectivity index (χ1v) is 8.14. The lowest BCUT2D eigenvalue weighted by atomic mass is 9.92. The molecule has 2 aromatic rings. The minimum atomic E-state index is -0.400. The molecule has 0 saturated carbocycles. The molecule has 0 spiro atoms. The van der Waals surface area contributed by atoms with Crippen LogP contribution in [0.4, 0.5) is 17.2 Å². The van der Waals surface area contributed by atoms with Crippen molar-refractivity contribution >= 4 is 53.0 Å². The second kappa shape index (κ2) is 8.87. The Morgan fingerprint density at radius 1 is 1.12 bits per heavy atom. The first kappa shape index (κ1) is 21.7. The van der Waals surface area contributed by atoms with Gasteiger partial charge in [-0.15, -0.1) is 12.4 Å². The summed E-state index contributed by atoms with van der Waals surface area (Å²) >= 11 is 6.12. The summed E-state index contributed by atoms with van der Waals surface area (Å²) < 4.78 is 0. The molecular formula is C18H22Cl2N4O2. The van der Waals surface area contributed by atoms with Crippen LogP contribution in [-0.4, -0.2) is 16.8 Å². The van der Waals surface area contributed by atoms with E-state index >= 15 is 0 Å². The van der Waals surface area contributed by atoms with E-state index in [-0.39, 0.29) is 34.3 Å². The number of nitrogens with one attached hydrogen (secondary N) is 2. The van der Waals surface area contributed by atoms with Gasteiger partial charge in [0.05, 0.1) is 22.5 Å². The second-order valence-electron chi connectivity index (χ2n) is 6.91. The monoisotopic (exact) mass is 396 g/mol. The molecule has 0 fully saturated rings. The maximum absolute atomic E-state index is 12.4. The highest BCUT2D eigenvalue weighted by Crippen LogP contribution is 2.24. The summed E-state index contributed by atoms with van der Waals surface area (Å²) in [5.41, 5.74) is 6.66. The van der Waals surface area contributed by atoms with E-state index in [1.807, 2.05) is 20.8 Å². The van der Waals surface area contributed by atoms with E-state index < -0.39 is 5.91 Å². The summed E-state index contributed by atoms with van der Waals surface area (Å²) in [6, 6.07) is 8.00. The van der Waals surface area contributed by atoms with Gasteiger partial charge in [-0.3, -0.25) is 9.59 Å². The van der Waals surface area contributed by atoms with E-state index in [1.54, 1.807) is 30.3 Å². The van der Waals surface area contributed by atoms with Crippen molar-refractivity contribution in [1.29, 1.82) is 0 Å². The van der Waals surface area contributed by atoms with Gasteiger partial charge >= 0.3 is 0 Å². The zero-order valence-electron chi connectivity index (χ0n) is 14.8. The Balaban J connectivity index is 0.00000338. The van der Waals surface area contributed by atoms with Gasteiger partial charge in [0.25, 0.3) is 5.91 Å². The van der Waals surface area contributed by atoms with E-state index in [0.29, 0.717) is 23.6 Å². The molecule has 0 atom stereocenters. The van der Waals surface area contributed by atoms with Gasteiger partial charge in [-0.1, -0.05) is 32.4 Å². The fraction of sp³-hybridized carbons (Fsp3) is 0.278. The minimum absolute atomic E-state index is 0. The molecule has 4 N–H and O–H groups in total. The van der Waals surface area contributed by atoms with Crippen molar-refractivity contribution in [2.75, 3.05) is 16.4 Å². The molecule has 0 radical (unpaired) electrons. The van der Waals surface area contributed by atoms with Gasteiger partial charge in [0, 0.05) is 12.1 Å². The second-order valence-corrected chi connectivity index (χ2v) is 7.31. The quantitative estimate of drug-likeness (QED) is 0.714. The van der Waals surface area contributed by atoms with Crippen LogP contribution in [0.2, 0.25) is 5.02 Å². The van der Waals surface area contributed by atoms with Gasteiger partial charge in [0.2, 0.25) is 5.91 Å². The Morgan fingerprint density at radius 3 is 2.35 bits per heavy atom. The van der Waals surface area contributed by atoms with Crippen LogP contribution in [0.15, 0.2) is 36.5 Å². The third-order valence-electron chi connectivity index (χ3n) is 3.23. The largest absolute Gasteiger partial charge is 0.384 e. The van der Waals surface area contributed by atoms with Gasteiger partial charge in [-0.2, -0.15) is 0 Å². The zero-order valence-corrected chi connectivity index (χ0v) is 16.4. The smallest absolute Gasteiger partial charge is 0.257 e. The molecule has 2 rings (SSSR count). The van der Waals surface area contributed by atoms with Gasteiger partial charge in [0.15, 0.2) is 0 Å². The average molecular weight is 397 g/mol. The standard InChI is InChI=1S/C18H21ClN4O2.ClH/c1-18(2,3)9-16(24)22-11-4-6-14(19)13(8-11)17(25)23-12-5-7-15(20)21-10-12;/h4-8,10H,9H2,1-3H3,(H2,20,21)(H,22,24)(H,23,25);1H. The Kier molecular flexibility index (Phi) is 7.41. The van der Waals surface area contributed by atoms with Crippen LogP contribution in [0.3, 0.4) is 0 Å². The molecule has 0 bridgehead atoms. The van der Waals surface area contributed by atoms with Gasteiger partial charge in [-0.05, 0) is 35.7 Å². The average Bonchev–Trinajstić information content (AvgIpc) is 2.49. The highest BCUT2D eigenvalue weighted by atomic mass is 35.5. The molecule has 1 aromatic carbocycles. The van der Waals surface area contributed by atoms with Crippen molar-refractivity contribution in [3.8, 4) is 0 Å².